The highest BCUT2D eigenvalue weighted by Crippen LogP contribution is 2.45. The summed E-state index contributed by atoms with van der Waals surface area (Å²) in [6.45, 7) is 2.96. The van der Waals surface area contributed by atoms with E-state index >= 15 is 0 Å². The van der Waals surface area contributed by atoms with E-state index in [0.29, 0.717) is 29.3 Å². The average Bonchev–Trinajstić information content (AvgIpc) is 3.16. The molecule has 186 valence electrons. The van der Waals surface area contributed by atoms with Crippen molar-refractivity contribution in [3.05, 3.63) is 35.9 Å². The quantitative estimate of drug-likeness (QED) is 0.532. The number of rotatable bonds is 4. The Hall–Kier alpha value is -2.87. The molecule has 8 nitrogen and oxygen atoms in total. The van der Waals surface area contributed by atoms with Crippen molar-refractivity contribution in [2.24, 2.45) is 11.8 Å². The monoisotopic (exact) mass is 478 g/mol. The van der Waals surface area contributed by atoms with Crippen LogP contribution in [0.1, 0.15) is 44.9 Å². The lowest BCUT2D eigenvalue weighted by atomic mass is 9.68. The van der Waals surface area contributed by atoms with Crippen molar-refractivity contribution >= 4 is 23.5 Å². The number of likely N-dealkylation sites (tertiary alicyclic amines) is 1. The number of benzene rings is 1. The van der Waals surface area contributed by atoms with E-state index in [-0.39, 0.29) is 24.3 Å². The van der Waals surface area contributed by atoms with E-state index < -0.39 is 12.1 Å². The molecule has 4 fully saturated rings. The molecule has 8 heteroatoms. The molecule has 6 rings (SSSR count). The molecule has 0 unspecified atom stereocenters. The van der Waals surface area contributed by atoms with Crippen molar-refractivity contribution in [3.63, 3.8) is 0 Å². The number of piperidine rings is 3. The van der Waals surface area contributed by atoms with Gasteiger partial charge in [0.15, 0.2) is 0 Å². The van der Waals surface area contributed by atoms with Crippen LogP contribution in [-0.2, 0) is 9.59 Å². The van der Waals surface area contributed by atoms with Crippen LogP contribution in [0.15, 0.2) is 35.9 Å². The third-order valence-electron chi connectivity index (χ3n) is 8.71. The predicted octanol–water partition coefficient (Wildman–Crippen LogP) is 2.93. The van der Waals surface area contributed by atoms with Gasteiger partial charge in [-0.1, -0.05) is 18.1 Å². The lowest BCUT2D eigenvalue weighted by molar-refractivity contribution is -0.138. The summed E-state index contributed by atoms with van der Waals surface area (Å²) >= 11 is 0. The molecule has 4 heterocycles. The van der Waals surface area contributed by atoms with Gasteiger partial charge in [-0.15, -0.1) is 0 Å². The molecule has 1 aliphatic carbocycles. The summed E-state index contributed by atoms with van der Waals surface area (Å²) in [5.41, 5.74) is 1.90. The zero-order chi connectivity index (χ0) is 24.1. The lowest BCUT2D eigenvalue weighted by Crippen LogP contribution is -2.60. The van der Waals surface area contributed by atoms with E-state index in [1.165, 1.54) is 31.4 Å². The number of carbonyl (C=O) groups excluding carboxylic acids is 3. The van der Waals surface area contributed by atoms with Gasteiger partial charge in [0, 0.05) is 19.1 Å². The van der Waals surface area contributed by atoms with E-state index in [0.717, 1.165) is 37.3 Å². The fourth-order valence-electron chi connectivity index (χ4n) is 7.19. The smallest absolute Gasteiger partial charge is 0.329 e. The molecule has 0 spiro atoms. The standard InChI is InChI=1S/C27H34N4O4/c1-35-21-9-7-20(8-10-21)31-26(33)22(28-27(31)34)15-24(32)30-12-4-5-17-13-18-14-19(25(17)30)16-29-11-3-2-6-23(18)29/h7-10,13,18-19,22-23,25H,2-6,11-12,14-16H2,1H3,(H,28,34)/t18-,19-,22-,23+,25-/m0/s1. The molecule has 0 radical (unpaired) electrons. The molecular formula is C27H34N4O4. The minimum absolute atomic E-state index is 0.00347. The van der Waals surface area contributed by atoms with Crippen molar-refractivity contribution in [3.8, 4) is 5.75 Å². The number of methoxy groups -OCH3 is 1. The van der Waals surface area contributed by atoms with Crippen LogP contribution in [0.25, 0.3) is 0 Å². The van der Waals surface area contributed by atoms with E-state index in [9.17, 15) is 14.4 Å². The van der Waals surface area contributed by atoms with Gasteiger partial charge in [-0.05, 0) is 74.8 Å². The number of carbonyl (C=O) groups is 3. The molecule has 5 aliphatic rings. The van der Waals surface area contributed by atoms with E-state index in [4.69, 9.17) is 4.74 Å². The van der Waals surface area contributed by atoms with Crippen LogP contribution in [0.5, 0.6) is 5.75 Å². The number of nitrogens with one attached hydrogen (secondary N) is 1. The van der Waals surface area contributed by atoms with Crippen LogP contribution in [0.3, 0.4) is 0 Å². The van der Waals surface area contributed by atoms with Gasteiger partial charge in [0.2, 0.25) is 5.91 Å². The number of imide groups is 1. The van der Waals surface area contributed by atoms with Crippen LogP contribution in [-0.4, -0.2) is 72.5 Å². The number of nitrogens with zero attached hydrogens (tertiary/aromatic N) is 3. The van der Waals surface area contributed by atoms with Gasteiger partial charge < -0.3 is 15.0 Å². The fraction of sp³-hybridized carbons (Fsp3) is 0.593. The van der Waals surface area contributed by atoms with Gasteiger partial charge in [0.25, 0.3) is 5.91 Å². The Labute approximate surface area is 206 Å². The Morgan fingerprint density at radius 1 is 1.11 bits per heavy atom. The maximum absolute atomic E-state index is 13.6. The van der Waals surface area contributed by atoms with Gasteiger partial charge in [-0.3, -0.25) is 14.5 Å². The molecule has 4 saturated heterocycles. The third-order valence-corrected chi connectivity index (χ3v) is 8.71. The van der Waals surface area contributed by atoms with Crippen LogP contribution in [0.2, 0.25) is 0 Å². The van der Waals surface area contributed by atoms with Gasteiger partial charge in [-0.25, -0.2) is 9.69 Å². The molecule has 4 aliphatic heterocycles. The van der Waals surface area contributed by atoms with E-state index in [2.05, 4.69) is 16.3 Å². The highest BCUT2D eigenvalue weighted by atomic mass is 16.5. The van der Waals surface area contributed by atoms with Crippen LogP contribution in [0.4, 0.5) is 10.5 Å². The predicted molar refractivity (Wildman–Crippen MR) is 131 cm³/mol. The number of ether oxygens (including phenoxy) is 1. The number of fused-ring (bicyclic) bond motifs is 6. The van der Waals surface area contributed by atoms with Gasteiger partial charge >= 0.3 is 6.03 Å². The lowest BCUT2D eigenvalue weighted by Gasteiger charge is -2.54. The topological polar surface area (TPSA) is 82.2 Å². The van der Waals surface area contributed by atoms with Crippen LogP contribution < -0.4 is 15.0 Å². The number of hydrogen-bond acceptors (Lipinski definition) is 5. The zero-order valence-corrected chi connectivity index (χ0v) is 20.3. The first kappa shape index (κ1) is 22.6. The summed E-state index contributed by atoms with van der Waals surface area (Å²) in [4.78, 5) is 45.2. The third kappa shape index (κ3) is 3.92. The largest absolute Gasteiger partial charge is 0.497 e. The summed E-state index contributed by atoms with van der Waals surface area (Å²) in [6.07, 6.45) is 9.58. The van der Waals surface area contributed by atoms with Crippen molar-refractivity contribution < 1.29 is 19.1 Å². The Bertz CT molecular complexity index is 1050. The summed E-state index contributed by atoms with van der Waals surface area (Å²) in [7, 11) is 1.57. The summed E-state index contributed by atoms with van der Waals surface area (Å²) in [5, 5.41) is 2.74. The second-order valence-electron chi connectivity index (χ2n) is 10.7. The summed E-state index contributed by atoms with van der Waals surface area (Å²) < 4.78 is 5.17. The highest BCUT2D eigenvalue weighted by Gasteiger charge is 2.48. The fourth-order valence-corrected chi connectivity index (χ4v) is 7.19. The molecule has 35 heavy (non-hydrogen) atoms. The van der Waals surface area contributed by atoms with Crippen molar-refractivity contribution in [2.45, 2.75) is 63.1 Å². The maximum atomic E-state index is 13.6. The van der Waals surface area contributed by atoms with E-state index in [1.807, 2.05) is 4.90 Å². The molecule has 1 N–H and O–H groups in total. The highest BCUT2D eigenvalue weighted by molar-refractivity contribution is 6.22. The molecular weight excluding hydrogens is 444 g/mol. The van der Waals surface area contributed by atoms with E-state index in [1.54, 1.807) is 31.4 Å². The molecule has 0 aromatic heterocycles. The first-order valence-electron chi connectivity index (χ1n) is 13.1. The van der Waals surface area contributed by atoms with Crippen LogP contribution >= 0.6 is 0 Å². The molecule has 5 atom stereocenters. The minimum Gasteiger partial charge on any atom is -0.497 e. The Morgan fingerprint density at radius 3 is 2.74 bits per heavy atom. The first-order valence-corrected chi connectivity index (χ1v) is 13.1. The molecule has 0 saturated carbocycles. The summed E-state index contributed by atoms with van der Waals surface area (Å²) in [5.74, 6) is 1.32. The molecule has 1 aromatic rings. The minimum atomic E-state index is -0.833. The first-order chi connectivity index (χ1) is 17.0. The average molecular weight is 479 g/mol. The van der Waals surface area contributed by atoms with Crippen molar-refractivity contribution in [2.75, 3.05) is 31.6 Å². The number of hydrogen-bond donors (Lipinski definition) is 1. The van der Waals surface area contributed by atoms with Gasteiger partial charge in [0.05, 0.1) is 25.3 Å². The molecule has 1 aromatic carbocycles. The second-order valence-corrected chi connectivity index (χ2v) is 10.7. The second kappa shape index (κ2) is 8.97. The number of urea groups is 1. The van der Waals surface area contributed by atoms with Gasteiger partial charge in [0.1, 0.15) is 11.8 Å². The van der Waals surface area contributed by atoms with Crippen molar-refractivity contribution in [1.82, 2.24) is 15.1 Å². The van der Waals surface area contributed by atoms with Crippen LogP contribution in [0, 0.1) is 11.8 Å². The normalized spacial score (nSPS) is 32.5. The Balaban J connectivity index is 1.17. The summed E-state index contributed by atoms with van der Waals surface area (Å²) in [6, 6.07) is 6.28. The zero-order valence-electron chi connectivity index (χ0n) is 20.3. The number of amides is 4. The Kier molecular flexibility index (Phi) is 5.79. The SMILES string of the molecule is COc1ccc(N2C(=O)N[C@@H](CC(=O)N3CCCC4=C[C@H]5C[C@@H](CN6CCCC[C@H]56)[C@H]43)C2=O)cc1. The molecule has 4 amide bonds. The maximum Gasteiger partial charge on any atom is 0.329 e. The number of anilines is 1. The van der Waals surface area contributed by atoms with Gasteiger partial charge in [-0.2, -0.15) is 0 Å². The Morgan fingerprint density at radius 2 is 1.94 bits per heavy atom. The molecule has 2 bridgehead atoms. The van der Waals surface area contributed by atoms with Crippen molar-refractivity contribution in [1.29, 1.82) is 0 Å².